The first-order valence-electron chi connectivity index (χ1n) is 5.71. The van der Waals surface area contributed by atoms with Crippen molar-refractivity contribution in [3.05, 3.63) is 45.3 Å². The van der Waals surface area contributed by atoms with Gasteiger partial charge in [0.25, 0.3) is 0 Å². The average molecular weight is 242 g/mol. The molecular weight excluding hydrogens is 228 g/mol. The summed E-state index contributed by atoms with van der Waals surface area (Å²) < 4.78 is 5.41. The van der Waals surface area contributed by atoms with E-state index in [1.54, 1.807) is 6.92 Å². The smallest absolute Gasteiger partial charge is 0.208 e. The SMILES string of the molecule is Cc1cc2occ(C#CC(C)O)c(=O)c2cc1C. The monoisotopic (exact) mass is 242 g/mol. The van der Waals surface area contributed by atoms with Crippen molar-refractivity contribution in [2.45, 2.75) is 26.9 Å². The fraction of sp³-hybridized carbons (Fsp3) is 0.267. The van der Waals surface area contributed by atoms with Gasteiger partial charge in [0.15, 0.2) is 0 Å². The minimum Gasteiger partial charge on any atom is -0.463 e. The zero-order valence-electron chi connectivity index (χ0n) is 10.6. The van der Waals surface area contributed by atoms with Gasteiger partial charge in [-0.1, -0.05) is 11.8 Å². The van der Waals surface area contributed by atoms with Crippen molar-refractivity contribution in [2.75, 3.05) is 0 Å². The van der Waals surface area contributed by atoms with Gasteiger partial charge in [-0.05, 0) is 44.0 Å². The second-order valence-electron chi connectivity index (χ2n) is 4.36. The third-order valence-corrected chi connectivity index (χ3v) is 2.80. The van der Waals surface area contributed by atoms with Crippen LogP contribution in [-0.4, -0.2) is 11.2 Å². The van der Waals surface area contributed by atoms with Crippen LogP contribution in [-0.2, 0) is 0 Å². The molecule has 0 aliphatic rings. The van der Waals surface area contributed by atoms with Crippen molar-refractivity contribution in [1.82, 2.24) is 0 Å². The molecule has 18 heavy (non-hydrogen) atoms. The zero-order valence-corrected chi connectivity index (χ0v) is 10.6. The summed E-state index contributed by atoms with van der Waals surface area (Å²) in [4.78, 5) is 12.2. The number of aliphatic hydroxyl groups is 1. The lowest BCUT2D eigenvalue weighted by atomic mass is 10.1. The molecule has 0 saturated heterocycles. The molecule has 1 aromatic carbocycles. The number of fused-ring (bicyclic) bond motifs is 1. The van der Waals surface area contributed by atoms with Gasteiger partial charge >= 0.3 is 0 Å². The van der Waals surface area contributed by atoms with Crippen molar-refractivity contribution in [1.29, 1.82) is 0 Å². The van der Waals surface area contributed by atoms with Gasteiger partial charge in [0.1, 0.15) is 23.5 Å². The molecule has 1 heterocycles. The molecule has 0 aliphatic heterocycles. The molecule has 0 amide bonds. The lowest BCUT2D eigenvalue weighted by Gasteiger charge is -2.02. The maximum Gasteiger partial charge on any atom is 0.208 e. The number of aryl methyl sites for hydroxylation is 2. The Hall–Kier alpha value is -2.05. The topological polar surface area (TPSA) is 50.4 Å². The Morgan fingerprint density at radius 2 is 1.94 bits per heavy atom. The first-order valence-corrected chi connectivity index (χ1v) is 5.71. The van der Waals surface area contributed by atoms with Crippen LogP contribution in [0.25, 0.3) is 11.0 Å². The normalized spacial score (nSPS) is 12.0. The molecule has 92 valence electrons. The molecule has 2 rings (SSSR count). The van der Waals surface area contributed by atoms with E-state index in [2.05, 4.69) is 11.8 Å². The van der Waals surface area contributed by atoms with E-state index in [0.29, 0.717) is 11.0 Å². The van der Waals surface area contributed by atoms with Crippen molar-refractivity contribution in [3.63, 3.8) is 0 Å². The van der Waals surface area contributed by atoms with Crippen molar-refractivity contribution in [2.24, 2.45) is 0 Å². The summed E-state index contributed by atoms with van der Waals surface area (Å²) in [6.07, 6.45) is 0.578. The predicted octanol–water partition coefficient (Wildman–Crippen LogP) is 2.14. The number of hydrogen-bond donors (Lipinski definition) is 1. The van der Waals surface area contributed by atoms with E-state index in [-0.39, 0.29) is 11.0 Å². The molecule has 1 unspecified atom stereocenters. The van der Waals surface area contributed by atoms with E-state index < -0.39 is 6.10 Å². The van der Waals surface area contributed by atoms with Gasteiger partial charge in [0.2, 0.25) is 5.43 Å². The molecule has 0 spiro atoms. The van der Waals surface area contributed by atoms with E-state index in [0.717, 1.165) is 11.1 Å². The minimum atomic E-state index is -0.764. The van der Waals surface area contributed by atoms with Gasteiger partial charge in [-0.25, -0.2) is 0 Å². The van der Waals surface area contributed by atoms with E-state index in [1.165, 1.54) is 6.26 Å². The molecule has 1 N–H and O–H groups in total. The van der Waals surface area contributed by atoms with E-state index in [9.17, 15) is 4.79 Å². The van der Waals surface area contributed by atoms with Gasteiger partial charge in [-0.3, -0.25) is 4.79 Å². The minimum absolute atomic E-state index is 0.160. The molecule has 0 fully saturated rings. The van der Waals surface area contributed by atoms with Crippen LogP contribution in [0.3, 0.4) is 0 Å². The van der Waals surface area contributed by atoms with Crippen molar-refractivity contribution < 1.29 is 9.52 Å². The molecule has 0 bridgehead atoms. The summed E-state index contributed by atoms with van der Waals surface area (Å²) in [6.45, 7) is 5.46. The molecule has 3 nitrogen and oxygen atoms in total. The highest BCUT2D eigenvalue weighted by Crippen LogP contribution is 2.16. The van der Waals surface area contributed by atoms with Gasteiger partial charge in [-0.15, -0.1) is 0 Å². The largest absolute Gasteiger partial charge is 0.463 e. The Bertz CT molecular complexity index is 712. The lowest BCUT2D eigenvalue weighted by molar-refractivity contribution is 0.253. The highest BCUT2D eigenvalue weighted by atomic mass is 16.3. The van der Waals surface area contributed by atoms with E-state index >= 15 is 0 Å². The molecule has 1 atom stereocenters. The van der Waals surface area contributed by atoms with Crippen LogP contribution in [0.4, 0.5) is 0 Å². The Kier molecular flexibility index (Phi) is 3.22. The van der Waals surface area contributed by atoms with Crippen LogP contribution in [0.5, 0.6) is 0 Å². The summed E-state index contributed by atoms with van der Waals surface area (Å²) in [5, 5.41) is 9.62. The Morgan fingerprint density at radius 3 is 2.61 bits per heavy atom. The molecule has 2 aromatic rings. The highest BCUT2D eigenvalue weighted by Gasteiger charge is 2.07. The van der Waals surface area contributed by atoms with Crippen LogP contribution in [0.1, 0.15) is 23.6 Å². The van der Waals surface area contributed by atoms with Gasteiger partial charge in [0, 0.05) is 0 Å². The number of hydrogen-bond acceptors (Lipinski definition) is 3. The first kappa shape index (κ1) is 12.4. The van der Waals surface area contributed by atoms with Crippen LogP contribution >= 0.6 is 0 Å². The van der Waals surface area contributed by atoms with Crippen LogP contribution in [0.15, 0.2) is 27.6 Å². The van der Waals surface area contributed by atoms with E-state index in [1.807, 2.05) is 26.0 Å². The fourth-order valence-electron chi connectivity index (χ4n) is 1.65. The second-order valence-corrected chi connectivity index (χ2v) is 4.36. The average Bonchev–Trinajstić information content (AvgIpc) is 2.31. The second kappa shape index (κ2) is 4.67. The van der Waals surface area contributed by atoms with Crippen LogP contribution in [0.2, 0.25) is 0 Å². The van der Waals surface area contributed by atoms with Gasteiger partial charge in [-0.2, -0.15) is 0 Å². The molecule has 3 heteroatoms. The lowest BCUT2D eigenvalue weighted by Crippen LogP contribution is -2.07. The summed E-state index contributed by atoms with van der Waals surface area (Å²) >= 11 is 0. The number of rotatable bonds is 0. The Balaban J connectivity index is 2.69. The summed E-state index contributed by atoms with van der Waals surface area (Å²) in [7, 11) is 0. The highest BCUT2D eigenvalue weighted by molar-refractivity contribution is 5.79. The van der Waals surface area contributed by atoms with Crippen molar-refractivity contribution >= 4 is 11.0 Å². The number of aliphatic hydroxyl groups excluding tert-OH is 1. The van der Waals surface area contributed by atoms with Gasteiger partial charge in [0.05, 0.1) is 5.39 Å². The fourth-order valence-corrected chi connectivity index (χ4v) is 1.65. The standard InChI is InChI=1S/C15H14O3/c1-9-6-13-14(7-10(9)2)18-8-12(15(13)17)5-4-11(3)16/h6-8,11,16H,1-3H3. The third kappa shape index (κ3) is 2.29. The molecule has 0 radical (unpaired) electrons. The first-order chi connectivity index (χ1) is 8.49. The maximum absolute atomic E-state index is 12.2. The third-order valence-electron chi connectivity index (χ3n) is 2.80. The van der Waals surface area contributed by atoms with E-state index in [4.69, 9.17) is 9.52 Å². The molecular formula is C15H14O3. The zero-order chi connectivity index (χ0) is 13.3. The molecule has 0 aliphatic carbocycles. The molecule has 0 saturated carbocycles. The quantitative estimate of drug-likeness (QED) is 0.720. The van der Waals surface area contributed by atoms with Crippen molar-refractivity contribution in [3.8, 4) is 11.8 Å². The van der Waals surface area contributed by atoms with Crippen LogP contribution in [0, 0.1) is 25.7 Å². The Labute approximate surface area is 105 Å². The summed E-state index contributed by atoms with van der Waals surface area (Å²) in [6, 6.07) is 3.65. The summed E-state index contributed by atoms with van der Waals surface area (Å²) in [5.41, 5.74) is 2.79. The van der Waals surface area contributed by atoms with Crippen LogP contribution < -0.4 is 5.43 Å². The maximum atomic E-state index is 12.2. The molecule has 1 aromatic heterocycles. The Morgan fingerprint density at radius 1 is 1.28 bits per heavy atom. The van der Waals surface area contributed by atoms with Gasteiger partial charge < -0.3 is 9.52 Å². The number of benzene rings is 1. The predicted molar refractivity (Wildman–Crippen MR) is 70.5 cm³/mol. The summed E-state index contributed by atoms with van der Waals surface area (Å²) in [5.74, 6) is 5.17.